The van der Waals surface area contributed by atoms with Crippen LogP contribution in [0.4, 0.5) is 8.78 Å². The van der Waals surface area contributed by atoms with Gasteiger partial charge in [-0.05, 0) is 44.5 Å². The van der Waals surface area contributed by atoms with Crippen LogP contribution >= 0.6 is 0 Å². The van der Waals surface area contributed by atoms with E-state index < -0.39 is 35.0 Å². The highest BCUT2D eigenvalue weighted by Crippen LogP contribution is 2.24. The third kappa shape index (κ3) is 7.42. The fourth-order valence-corrected chi connectivity index (χ4v) is 2.91. The Bertz CT molecular complexity index is 989. The molecule has 2 rings (SSSR count). The molecule has 2 aromatic carbocycles. The molecule has 3 amide bonds. The van der Waals surface area contributed by atoms with Gasteiger partial charge < -0.3 is 21.7 Å². The van der Waals surface area contributed by atoms with Gasteiger partial charge >= 0.3 is 0 Å². The molecule has 0 saturated carbocycles. The van der Waals surface area contributed by atoms with Crippen molar-refractivity contribution < 1.29 is 23.2 Å². The summed E-state index contributed by atoms with van der Waals surface area (Å²) in [5.74, 6) is -2.84. The molecular weight excluding hydrogens is 418 g/mol. The molecule has 0 aromatic heterocycles. The molecule has 9 heteroatoms. The first-order valence-corrected chi connectivity index (χ1v) is 10.1. The van der Waals surface area contributed by atoms with Gasteiger partial charge in [-0.1, -0.05) is 24.3 Å². The van der Waals surface area contributed by atoms with Crippen LogP contribution in [-0.2, 0) is 9.59 Å². The first-order valence-electron chi connectivity index (χ1n) is 10.1. The number of carbonyl (C=O) groups is 3. The lowest BCUT2D eigenvalue weighted by atomic mass is 10.0. The van der Waals surface area contributed by atoms with Gasteiger partial charge in [0.15, 0.2) is 0 Å². The lowest BCUT2D eigenvalue weighted by Crippen LogP contribution is -2.48. The second-order valence-electron chi connectivity index (χ2n) is 8.33. The van der Waals surface area contributed by atoms with E-state index in [4.69, 9.17) is 5.73 Å². The van der Waals surface area contributed by atoms with Gasteiger partial charge in [0.25, 0.3) is 5.91 Å². The van der Waals surface area contributed by atoms with Crippen LogP contribution in [0.5, 0.6) is 0 Å². The van der Waals surface area contributed by atoms with Crippen molar-refractivity contribution in [3.63, 3.8) is 0 Å². The van der Waals surface area contributed by atoms with Crippen LogP contribution in [0, 0.1) is 11.6 Å². The normalized spacial score (nSPS) is 12.1. The highest BCUT2D eigenvalue weighted by molar-refractivity contribution is 5.96. The summed E-state index contributed by atoms with van der Waals surface area (Å²) in [5.41, 5.74) is 5.67. The smallest absolute Gasteiger partial charge is 0.254 e. The maximum Gasteiger partial charge on any atom is 0.254 e. The van der Waals surface area contributed by atoms with Crippen molar-refractivity contribution in [1.29, 1.82) is 0 Å². The Kier molecular flexibility index (Phi) is 8.42. The van der Waals surface area contributed by atoms with E-state index in [1.165, 1.54) is 30.3 Å². The summed E-state index contributed by atoms with van der Waals surface area (Å²) in [6, 6.07) is 8.70. The van der Waals surface area contributed by atoms with Gasteiger partial charge in [-0.3, -0.25) is 14.4 Å². The number of nitrogens with two attached hydrogens (primary N) is 1. The second kappa shape index (κ2) is 10.8. The maximum atomic E-state index is 14.1. The Morgan fingerprint density at radius 1 is 0.969 bits per heavy atom. The summed E-state index contributed by atoms with van der Waals surface area (Å²) in [7, 11) is 0. The zero-order valence-electron chi connectivity index (χ0n) is 18.3. The summed E-state index contributed by atoms with van der Waals surface area (Å²) in [4.78, 5) is 36.2. The average molecular weight is 446 g/mol. The first kappa shape index (κ1) is 24.9. The summed E-state index contributed by atoms with van der Waals surface area (Å²) in [5, 5.41) is 7.72. The summed E-state index contributed by atoms with van der Waals surface area (Å²) in [6.07, 6.45) is -0.177. The molecule has 0 unspecified atom stereocenters. The molecular formula is C23H28F2N4O3. The van der Waals surface area contributed by atoms with E-state index in [0.717, 1.165) is 6.07 Å². The topological polar surface area (TPSA) is 113 Å². The third-order valence-electron chi connectivity index (χ3n) is 4.36. The minimum Gasteiger partial charge on any atom is -0.353 e. The van der Waals surface area contributed by atoms with Gasteiger partial charge in [-0.2, -0.15) is 0 Å². The third-order valence-corrected chi connectivity index (χ3v) is 4.36. The number of benzene rings is 2. The summed E-state index contributed by atoms with van der Waals surface area (Å²) in [6.45, 7) is 5.48. The SMILES string of the molecule is CC(C)(C)NC(=O)C[C@H](N)C(=O)NCCNC(=O)c1cc(-c2ccccc2F)ccc1F. The molecule has 0 aliphatic heterocycles. The van der Waals surface area contributed by atoms with E-state index in [1.54, 1.807) is 6.07 Å². The zero-order valence-corrected chi connectivity index (χ0v) is 18.3. The van der Waals surface area contributed by atoms with Crippen LogP contribution in [-0.4, -0.2) is 42.4 Å². The first-order chi connectivity index (χ1) is 15.0. The van der Waals surface area contributed by atoms with Gasteiger partial charge in [0.05, 0.1) is 18.0 Å². The predicted molar refractivity (Wildman–Crippen MR) is 118 cm³/mol. The van der Waals surface area contributed by atoms with Crippen LogP contribution < -0.4 is 21.7 Å². The standard InChI is InChI=1S/C23H28F2N4O3/c1-23(2,3)29-20(30)13-19(26)22(32)28-11-10-27-21(31)16-12-14(8-9-18(16)25)15-6-4-5-7-17(15)24/h4-9,12,19H,10-11,13,26H2,1-3H3,(H,27,31)(H,28,32)(H,29,30)/t19-/m0/s1. The highest BCUT2D eigenvalue weighted by Gasteiger charge is 2.21. The van der Waals surface area contributed by atoms with Crippen molar-refractivity contribution in [2.75, 3.05) is 13.1 Å². The van der Waals surface area contributed by atoms with Crippen molar-refractivity contribution in [3.8, 4) is 11.1 Å². The minimum atomic E-state index is -1.04. The van der Waals surface area contributed by atoms with Gasteiger partial charge in [-0.25, -0.2) is 8.78 Å². The lowest BCUT2D eigenvalue weighted by Gasteiger charge is -2.21. The van der Waals surface area contributed by atoms with E-state index in [0.29, 0.717) is 5.56 Å². The zero-order chi connectivity index (χ0) is 23.9. The van der Waals surface area contributed by atoms with Crippen molar-refractivity contribution in [2.45, 2.75) is 38.8 Å². The van der Waals surface area contributed by atoms with Gasteiger partial charge in [0.2, 0.25) is 11.8 Å². The number of amides is 3. The predicted octanol–water partition coefficient (Wildman–Crippen LogP) is 2.11. The van der Waals surface area contributed by atoms with Gasteiger partial charge in [0.1, 0.15) is 11.6 Å². The molecule has 0 heterocycles. The Labute approximate surface area is 185 Å². The number of hydrogen-bond donors (Lipinski definition) is 4. The largest absolute Gasteiger partial charge is 0.353 e. The molecule has 32 heavy (non-hydrogen) atoms. The van der Waals surface area contributed by atoms with Crippen molar-refractivity contribution >= 4 is 17.7 Å². The van der Waals surface area contributed by atoms with Crippen LogP contribution in [0.1, 0.15) is 37.6 Å². The van der Waals surface area contributed by atoms with E-state index in [2.05, 4.69) is 16.0 Å². The number of rotatable bonds is 8. The molecule has 1 atom stereocenters. The van der Waals surface area contributed by atoms with Gasteiger partial charge in [-0.15, -0.1) is 0 Å². The molecule has 0 aliphatic carbocycles. The van der Waals surface area contributed by atoms with E-state index in [1.807, 2.05) is 20.8 Å². The molecule has 0 fully saturated rings. The molecule has 0 spiro atoms. The summed E-state index contributed by atoms with van der Waals surface area (Å²) >= 11 is 0. The second-order valence-corrected chi connectivity index (χ2v) is 8.33. The Hall–Kier alpha value is -3.33. The fraction of sp³-hybridized carbons (Fsp3) is 0.348. The highest BCUT2D eigenvalue weighted by atomic mass is 19.1. The molecule has 7 nitrogen and oxygen atoms in total. The van der Waals surface area contributed by atoms with Crippen LogP contribution in [0.2, 0.25) is 0 Å². The van der Waals surface area contributed by atoms with Crippen LogP contribution in [0.3, 0.4) is 0 Å². The Morgan fingerprint density at radius 2 is 1.62 bits per heavy atom. The molecule has 0 radical (unpaired) electrons. The van der Waals surface area contributed by atoms with Crippen molar-refractivity contribution in [2.24, 2.45) is 5.73 Å². The Morgan fingerprint density at radius 3 is 2.28 bits per heavy atom. The summed E-state index contributed by atoms with van der Waals surface area (Å²) < 4.78 is 28.1. The monoisotopic (exact) mass is 446 g/mol. The molecule has 172 valence electrons. The number of hydrogen-bond acceptors (Lipinski definition) is 4. The molecule has 5 N–H and O–H groups in total. The van der Waals surface area contributed by atoms with Crippen LogP contribution in [0.15, 0.2) is 42.5 Å². The number of carbonyl (C=O) groups excluding carboxylic acids is 3. The van der Waals surface area contributed by atoms with Crippen LogP contribution in [0.25, 0.3) is 11.1 Å². The quantitative estimate of drug-likeness (QED) is 0.465. The fourth-order valence-electron chi connectivity index (χ4n) is 2.91. The number of halogens is 2. The molecule has 0 saturated heterocycles. The average Bonchev–Trinajstić information content (AvgIpc) is 2.70. The van der Waals surface area contributed by atoms with Crippen molar-refractivity contribution in [3.05, 3.63) is 59.7 Å². The van der Waals surface area contributed by atoms with E-state index in [9.17, 15) is 23.2 Å². The molecule has 2 aromatic rings. The van der Waals surface area contributed by atoms with E-state index >= 15 is 0 Å². The Balaban J connectivity index is 1.87. The molecule has 0 aliphatic rings. The lowest BCUT2D eigenvalue weighted by molar-refractivity contribution is -0.128. The maximum absolute atomic E-state index is 14.1. The van der Waals surface area contributed by atoms with Crippen molar-refractivity contribution in [1.82, 2.24) is 16.0 Å². The minimum absolute atomic E-state index is 0.00878. The van der Waals surface area contributed by atoms with Gasteiger partial charge in [0, 0.05) is 24.2 Å². The molecule has 0 bridgehead atoms. The van der Waals surface area contributed by atoms with E-state index in [-0.39, 0.29) is 36.5 Å². The number of nitrogens with one attached hydrogen (secondary N) is 3.